The van der Waals surface area contributed by atoms with Crippen molar-refractivity contribution in [2.45, 2.75) is 6.42 Å². The first-order chi connectivity index (χ1) is 10.8. The Kier molecular flexibility index (Phi) is 4.35. The van der Waals surface area contributed by atoms with E-state index in [1.807, 2.05) is 42.6 Å². The molecule has 0 saturated heterocycles. The first-order valence-corrected chi connectivity index (χ1v) is 7.38. The molecule has 110 valence electrons. The fraction of sp³-hybridized carbons (Fsp3) is 0.105. The predicted octanol–water partition coefficient (Wildman–Crippen LogP) is 3.54. The molecule has 0 radical (unpaired) electrons. The summed E-state index contributed by atoms with van der Waals surface area (Å²) in [7, 11) is 0. The minimum absolute atomic E-state index is 0.0650. The van der Waals surface area contributed by atoms with Crippen LogP contribution in [0.15, 0.2) is 66.9 Å². The van der Waals surface area contributed by atoms with Crippen molar-refractivity contribution in [3.05, 3.63) is 78.0 Å². The Bertz CT molecular complexity index is 787. The molecular weight excluding hydrogens is 272 g/mol. The molecule has 22 heavy (non-hydrogen) atoms. The van der Waals surface area contributed by atoms with Gasteiger partial charge in [0.05, 0.1) is 0 Å². The van der Waals surface area contributed by atoms with Crippen molar-refractivity contribution >= 4 is 22.9 Å². The average Bonchev–Trinajstić information content (AvgIpc) is 3.02. The molecule has 2 aromatic carbocycles. The van der Waals surface area contributed by atoms with Crippen LogP contribution in [0, 0.1) is 0 Å². The maximum absolute atomic E-state index is 11.8. The molecule has 0 saturated carbocycles. The molecule has 0 atom stereocenters. The Balaban J connectivity index is 1.50. The summed E-state index contributed by atoms with van der Waals surface area (Å²) in [4.78, 5) is 15.0. The second-order valence-corrected chi connectivity index (χ2v) is 5.18. The van der Waals surface area contributed by atoms with Crippen molar-refractivity contribution in [1.29, 1.82) is 0 Å². The molecule has 3 aromatic rings. The molecule has 0 unspecified atom stereocenters. The molecule has 3 heteroatoms. The Labute approximate surface area is 129 Å². The van der Waals surface area contributed by atoms with Crippen molar-refractivity contribution < 1.29 is 4.79 Å². The molecule has 1 aromatic heterocycles. The molecule has 0 aliphatic carbocycles. The summed E-state index contributed by atoms with van der Waals surface area (Å²) in [6.07, 6.45) is 6.15. The molecule has 0 aliphatic heterocycles. The number of hydrogen-bond acceptors (Lipinski definition) is 1. The highest BCUT2D eigenvalue weighted by Crippen LogP contribution is 2.14. The van der Waals surface area contributed by atoms with Crippen molar-refractivity contribution in [1.82, 2.24) is 10.3 Å². The van der Waals surface area contributed by atoms with Crippen LogP contribution in [-0.4, -0.2) is 17.4 Å². The Hall–Kier alpha value is -2.81. The molecule has 1 heterocycles. The molecular formula is C19H18N2O. The molecule has 3 nitrogen and oxygen atoms in total. The van der Waals surface area contributed by atoms with Crippen LogP contribution in [0.25, 0.3) is 17.0 Å². The van der Waals surface area contributed by atoms with Gasteiger partial charge in [0.25, 0.3) is 0 Å². The standard InChI is InChI=1S/C19H18N2O/c22-19(9-7-15-4-2-1-3-5-15)21-12-10-16-6-8-17-11-13-20-18(17)14-16/h1-9,11,13-14,20H,10,12H2,(H,21,22)/b9-7+. The summed E-state index contributed by atoms with van der Waals surface area (Å²) >= 11 is 0. The average molecular weight is 290 g/mol. The maximum atomic E-state index is 11.8. The lowest BCUT2D eigenvalue weighted by Gasteiger charge is -2.03. The number of H-pyrrole nitrogens is 1. The van der Waals surface area contributed by atoms with Crippen LogP contribution in [0.1, 0.15) is 11.1 Å². The normalized spacial score (nSPS) is 11.1. The van der Waals surface area contributed by atoms with E-state index in [-0.39, 0.29) is 5.91 Å². The van der Waals surface area contributed by atoms with Crippen LogP contribution < -0.4 is 5.32 Å². The number of carbonyl (C=O) groups is 1. The van der Waals surface area contributed by atoms with Gasteiger partial charge in [-0.1, -0.05) is 42.5 Å². The van der Waals surface area contributed by atoms with Gasteiger partial charge in [0.2, 0.25) is 5.91 Å². The Morgan fingerprint density at radius 1 is 1.09 bits per heavy atom. The number of aromatic nitrogens is 1. The van der Waals surface area contributed by atoms with Gasteiger partial charge in [-0.15, -0.1) is 0 Å². The van der Waals surface area contributed by atoms with Gasteiger partial charge in [-0.25, -0.2) is 0 Å². The summed E-state index contributed by atoms with van der Waals surface area (Å²) in [5.74, 6) is -0.0650. The lowest BCUT2D eigenvalue weighted by molar-refractivity contribution is -0.116. The van der Waals surface area contributed by atoms with E-state index in [2.05, 4.69) is 34.6 Å². The van der Waals surface area contributed by atoms with E-state index in [1.54, 1.807) is 6.08 Å². The van der Waals surface area contributed by atoms with Gasteiger partial charge >= 0.3 is 0 Å². The van der Waals surface area contributed by atoms with Crippen LogP contribution in [-0.2, 0) is 11.2 Å². The Morgan fingerprint density at radius 2 is 1.95 bits per heavy atom. The summed E-state index contributed by atoms with van der Waals surface area (Å²) < 4.78 is 0. The van der Waals surface area contributed by atoms with E-state index in [0.717, 1.165) is 17.5 Å². The maximum Gasteiger partial charge on any atom is 0.244 e. The molecule has 0 bridgehead atoms. The summed E-state index contributed by atoms with van der Waals surface area (Å²) in [6.45, 7) is 0.629. The summed E-state index contributed by atoms with van der Waals surface area (Å²) in [5.41, 5.74) is 3.37. The first-order valence-electron chi connectivity index (χ1n) is 7.38. The highest BCUT2D eigenvalue weighted by Gasteiger charge is 1.99. The summed E-state index contributed by atoms with van der Waals surface area (Å²) in [5, 5.41) is 4.11. The van der Waals surface area contributed by atoms with Gasteiger partial charge in [-0.3, -0.25) is 4.79 Å². The number of benzene rings is 2. The lowest BCUT2D eigenvalue weighted by Crippen LogP contribution is -2.23. The van der Waals surface area contributed by atoms with Crippen LogP contribution >= 0.6 is 0 Å². The predicted molar refractivity (Wildman–Crippen MR) is 90.5 cm³/mol. The number of rotatable bonds is 5. The topological polar surface area (TPSA) is 44.9 Å². The van der Waals surface area contributed by atoms with Crippen LogP contribution in [0.3, 0.4) is 0 Å². The van der Waals surface area contributed by atoms with Crippen molar-refractivity contribution in [3.63, 3.8) is 0 Å². The van der Waals surface area contributed by atoms with Gasteiger partial charge < -0.3 is 10.3 Å². The SMILES string of the molecule is O=C(/C=C/c1ccccc1)NCCc1ccc2cc[nH]c2c1. The number of hydrogen-bond donors (Lipinski definition) is 2. The number of aromatic amines is 1. The monoisotopic (exact) mass is 290 g/mol. The smallest absolute Gasteiger partial charge is 0.244 e. The van der Waals surface area contributed by atoms with Crippen LogP contribution in [0.4, 0.5) is 0 Å². The van der Waals surface area contributed by atoms with Crippen molar-refractivity contribution in [3.8, 4) is 0 Å². The van der Waals surface area contributed by atoms with E-state index in [4.69, 9.17) is 0 Å². The number of fused-ring (bicyclic) bond motifs is 1. The molecule has 1 amide bonds. The largest absolute Gasteiger partial charge is 0.361 e. The fourth-order valence-corrected chi connectivity index (χ4v) is 2.38. The minimum Gasteiger partial charge on any atom is -0.361 e. The molecule has 3 rings (SSSR count). The van der Waals surface area contributed by atoms with Crippen LogP contribution in [0.5, 0.6) is 0 Å². The van der Waals surface area contributed by atoms with E-state index in [0.29, 0.717) is 6.54 Å². The highest BCUT2D eigenvalue weighted by atomic mass is 16.1. The van der Waals surface area contributed by atoms with Crippen molar-refractivity contribution in [2.24, 2.45) is 0 Å². The lowest BCUT2D eigenvalue weighted by atomic mass is 10.1. The van der Waals surface area contributed by atoms with Crippen LogP contribution in [0.2, 0.25) is 0 Å². The molecule has 0 spiro atoms. The third-order valence-electron chi connectivity index (χ3n) is 3.56. The zero-order valence-corrected chi connectivity index (χ0v) is 12.3. The Morgan fingerprint density at radius 3 is 2.82 bits per heavy atom. The number of amides is 1. The van der Waals surface area contributed by atoms with E-state index in [9.17, 15) is 4.79 Å². The minimum atomic E-state index is -0.0650. The van der Waals surface area contributed by atoms with E-state index < -0.39 is 0 Å². The third-order valence-corrected chi connectivity index (χ3v) is 3.56. The van der Waals surface area contributed by atoms with Gasteiger partial charge in [0.15, 0.2) is 0 Å². The van der Waals surface area contributed by atoms with Gasteiger partial charge in [-0.2, -0.15) is 0 Å². The quantitative estimate of drug-likeness (QED) is 0.694. The molecule has 0 fully saturated rings. The highest BCUT2D eigenvalue weighted by molar-refractivity contribution is 5.91. The fourth-order valence-electron chi connectivity index (χ4n) is 2.38. The zero-order valence-electron chi connectivity index (χ0n) is 12.3. The van der Waals surface area contributed by atoms with Gasteiger partial charge in [0.1, 0.15) is 0 Å². The first kappa shape index (κ1) is 14.1. The van der Waals surface area contributed by atoms with E-state index >= 15 is 0 Å². The van der Waals surface area contributed by atoms with Gasteiger partial charge in [-0.05, 0) is 41.1 Å². The van der Waals surface area contributed by atoms with Gasteiger partial charge in [0, 0.05) is 24.3 Å². The number of carbonyl (C=O) groups excluding carboxylic acids is 1. The summed E-state index contributed by atoms with van der Waals surface area (Å²) in [6, 6.07) is 18.2. The van der Waals surface area contributed by atoms with Crippen molar-refractivity contribution in [2.75, 3.05) is 6.54 Å². The zero-order chi connectivity index (χ0) is 15.2. The second-order valence-electron chi connectivity index (χ2n) is 5.18. The third kappa shape index (κ3) is 3.64. The molecule has 2 N–H and O–H groups in total. The molecule has 0 aliphatic rings. The van der Waals surface area contributed by atoms with E-state index in [1.165, 1.54) is 10.9 Å². The second kappa shape index (κ2) is 6.76. The number of nitrogens with one attached hydrogen (secondary N) is 2.